The van der Waals surface area contributed by atoms with E-state index < -0.39 is 5.97 Å². The summed E-state index contributed by atoms with van der Waals surface area (Å²) in [5.41, 5.74) is -0.0610. The van der Waals surface area contributed by atoms with Gasteiger partial charge in [-0.15, -0.1) is 11.3 Å². The lowest BCUT2D eigenvalue weighted by Gasteiger charge is -2.10. The molecule has 0 aromatic carbocycles. The minimum absolute atomic E-state index is 0.0610. The standard InChI is InChI=1S/C12H14N4O2S/c1-7(11-16-4-8(2)19-11)3-14-10-6-13-9(5-15-10)12(17)18/h4-7H,3H2,1-2H3,(H,14,15)(H,17,18). The molecule has 0 aliphatic carbocycles. The molecule has 0 saturated heterocycles. The predicted octanol–water partition coefficient (Wildman–Crippen LogP) is 2.16. The largest absolute Gasteiger partial charge is 0.476 e. The van der Waals surface area contributed by atoms with Crippen LogP contribution in [0.15, 0.2) is 18.6 Å². The van der Waals surface area contributed by atoms with Gasteiger partial charge in [0.05, 0.1) is 17.4 Å². The lowest BCUT2D eigenvalue weighted by molar-refractivity contribution is 0.0690. The first-order valence-electron chi connectivity index (χ1n) is 5.78. The SMILES string of the molecule is Cc1cnc(C(C)CNc2cnc(C(=O)O)cn2)s1. The number of anilines is 1. The molecule has 2 heterocycles. The molecule has 2 aromatic heterocycles. The van der Waals surface area contributed by atoms with Crippen molar-refractivity contribution in [2.24, 2.45) is 0 Å². The molecular formula is C12H14N4O2S. The van der Waals surface area contributed by atoms with Gasteiger partial charge >= 0.3 is 5.97 Å². The molecule has 6 nitrogen and oxygen atoms in total. The van der Waals surface area contributed by atoms with E-state index in [0.29, 0.717) is 12.4 Å². The number of aryl methyl sites for hydroxylation is 1. The zero-order valence-electron chi connectivity index (χ0n) is 10.6. The topological polar surface area (TPSA) is 88.0 Å². The minimum Gasteiger partial charge on any atom is -0.476 e. The van der Waals surface area contributed by atoms with Crippen molar-refractivity contribution < 1.29 is 9.90 Å². The summed E-state index contributed by atoms with van der Waals surface area (Å²) >= 11 is 1.67. The third-order valence-corrected chi connectivity index (χ3v) is 3.67. The minimum atomic E-state index is -1.08. The summed E-state index contributed by atoms with van der Waals surface area (Å²) in [7, 11) is 0. The van der Waals surface area contributed by atoms with Crippen LogP contribution in [0.5, 0.6) is 0 Å². The van der Waals surface area contributed by atoms with Crippen LogP contribution in [0, 0.1) is 6.92 Å². The van der Waals surface area contributed by atoms with Crippen LogP contribution >= 0.6 is 11.3 Å². The molecule has 7 heteroatoms. The second-order valence-electron chi connectivity index (χ2n) is 4.18. The van der Waals surface area contributed by atoms with Crippen LogP contribution in [-0.2, 0) is 0 Å². The molecule has 100 valence electrons. The highest BCUT2D eigenvalue weighted by Gasteiger charge is 2.10. The van der Waals surface area contributed by atoms with E-state index in [0.717, 1.165) is 5.01 Å². The molecule has 0 radical (unpaired) electrons. The zero-order valence-corrected chi connectivity index (χ0v) is 11.4. The van der Waals surface area contributed by atoms with Crippen LogP contribution in [0.4, 0.5) is 5.82 Å². The Balaban J connectivity index is 1.93. The van der Waals surface area contributed by atoms with Gasteiger partial charge in [0.1, 0.15) is 5.82 Å². The number of carboxylic acids is 1. The smallest absolute Gasteiger partial charge is 0.356 e. The van der Waals surface area contributed by atoms with E-state index in [9.17, 15) is 4.79 Å². The van der Waals surface area contributed by atoms with Crippen molar-refractivity contribution in [1.29, 1.82) is 0 Å². The maximum absolute atomic E-state index is 10.6. The van der Waals surface area contributed by atoms with Crippen molar-refractivity contribution in [3.05, 3.63) is 34.2 Å². The van der Waals surface area contributed by atoms with Crippen molar-refractivity contribution in [1.82, 2.24) is 15.0 Å². The highest BCUT2D eigenvalue weighted by Crippen LogP contribution is 2.21. The molecule has 2 aromatic rings. The summed E-state index contributed by atoms with van der Waals surface area (Å²) in [4.78, 5) is 23.9. The third kappa shape index (κ3) is 3.47. The number of rotatable bonds is 5. The average Bonchev–Trinajstić information content (AvgIpc) is 2.83. The molecule has 0 saturated carbocycles. The summed E-state index contributed by atoms with van der Waals surface area (Å²) in [6, 6.07) is 0. The Morgan fingerprint density at radius 2 is 2.16 bits per heavy atom. The Hall–Kier alpha value is -2.02. The van der Waals surface area contributed by atoms with E-state index in [-0.39, 0.29) is 11.6 Å². The maximum atomic E-state index is 10.6. The maximum Gasteiger partial charge on any atom is 0.356 e. The van der Waals surface area contributed by atoms with Gasteiger partial charge in [0.2, 0.25) is 0 Å². The molecular weight excluding hydrogens is 264 g/mol. The quantitative estimate of drug-likeness (QED) is 0.871. The monoisotopic (exact) mass is 278 g/mol. The lowest BCUT2D eigenvalue weighted by atomic mass is 10.2. The molecule has 0 aliphatic rings. The molecule has 0 fully saturated rings. The highest BCUT2D eigenvalue weighted by molar-refractivity contribution is 7.11. The number of aromatic carboxylic acids is 1. The van der Waals surface area contributed by atoms with Gasteiger partial charge in [0.15, 0.2) is 5.69 Å². The fraction of sp³-hybridized carbons (Fsp3) is 0.333. The van der Waals surface area contributed by atoms with Crippen LogP contribution < -0.4 is 5.32 Å². The molecule has 1 atom stereocenters. The first-order valence-corrected chi connectivity index (χ1v) is 6.59. The van der Waals surface area contributed by atoms with Crippen LogP contribution in [-0.4, -0.2) is 32.6 Å². The Morgan fingerprint density at radius 3 is 2.68 bits per heavy atom. The number of hydrogen-bond donors (Lipinski definition) is 2. The fourth-order valence-electron chi connectivity index (χ4n) is 1.47. The summed E-state index contributed by atoms with van der Waals surface area (Å²) < 4.78 is 0. The first-order chi connectivity index (χ1) is 9.06. The third-order valence-electron chi connectivity index (χ3n) is 2.52. The van der Waals surface area contributed by atoms with Gasteiger partial charge in [0.25, 0.3) is 0 Å². The average molecular weight is 278 g/mol. The predicted molar refractivity (Wildman–Crippen MR) is 72.7 cm³/mol. The van der Waals surface area contributed by atoms with Gasteiger partial charge in [-0.1, -0.05) is 6.92 Å². The van der Waals surface area contributed by atoms with Gasteiger partial charge in [-0.25, -0.2) is 19.7 Å². The van der Waals surface area contributed by atoms with E-state index in [2.05, 4.69) is 27.2 Å². The van der Waals surface area contributed by atoms with Crippen molar-refractivity contribution in [2.45, 2.75) is 19.8 Å². The molecule has 0 amide bonds. The first kappa shape index (κ1) is 13.4. The van der Waals surface area contributed by atoms with Gasteiger partial charge in [-0.3, -0.25) is 0 Å². The normalized spacial score (nSPS) is 12.1. The van der Waals surface area contributed by atoms with E-state index in [1.165, 1.54) is 17.3 Å². The van der Waals surface area contributed by atoms with Crippen molar-refractivity contribution in [2.75, 3.05) is 11.9 Å². The summed E-state index contributed by atoms with van der Waals surface area (Å²) in [5.74, 6) is -0.254. The number of nitrogens with zero attached hydrogens (tertiary/aromatic N) is 3. The number of aromatic nitrogens is 3. The molecule has 0 aliphatic heterocycles. The summed E-state index contributed by atoms with van der Waals surface area (Å²) in [6.45, 7) is 4.77. The Morgan fingerprint density at radius 1 is 1.37 bits per heavy atom. The van der Waals surface area contributed by atoms with Gasteiger partial charge < -0.3 is 10.4 Å². The van der Waals surface area contributed by atoms with E-state index >= 15 is 0 Å². The van der Waals surface area contributed by atoms with E-state index in [1.54, 1.807) is 11.3 Å². The lowest BCUT2D eigenvalue weighted by Crippen LogP contribution is -2.11. The number of carbonyl (C=O) groups is 1. The number of hydrogen-bond acceptors (Lipinski definition) is 6. The molecule has 19 heavy (non-hydrogen) atoms. The second-order valence-corrected chi connectivity index (χ2v) is 5.45. The summed E-state index contributed by atoms with van der Waals surface area (Å²) in [5, 5.41) is 12.9. The van der Waals surface area contributed by atoms with Crippen molar-refractivity contribution in [3.63, 3.8) is 0 Å². The molecule has 0 bridgehead atoms. The van der Waals surface area contributed by atoms with Crippen molar-refractivity contribution >= 4 is 23.1 Å². The Bertz CT molecular complexity index is 567. The van der Waals surface area contributed by atoms with Crippen LogP contribution in [0.2, 0.25) is 0 Å². The second kappa shape index (κ2) is 5.75. The van der Waals surface area contributed by atoms with Crippen LogP contribution in [0.3, 0.4) is 0 Å². The number of thiazole rings is 1. The molecule has 1 unspecified atom stereocenters. The van der Waals surface area contributed by atoms with Gasteiger partial charge in [-0.05, 0) is 6.92 Å². The molecule has 2 N–H and O–H groups in total. The Labute approximate surface area is 114 Å². The number of nitrogens with one attached hydrogen (secondary N) is 1. The van der Waals surface area contributed by atoms with Crippen molar-refractivity contribution in [3.8, 4) is 0 Å². The van der Waals surface area contributed by atoms with Gasteiger partial charge in [-0.2, -0.15) is 0 Å². The molecule has 0 spiro atoms. The fourth-order valence-corrected chi connectivity index (χ4v) is 2.30. The van der Waals surface area contributed by atoms with E-state index in [1.807, 2.05) is 13.1 Å². The van der Waals surface area contributed by atoms with Crippen LogP contribution in [0.25, 0.3) is 0 Å². The van der Waals surface area contributed by atoms with E-state index in [4.69, 9.17) is 5.11 Å². The molecule has 2 rings (SSSR count). The Kier molecular flexibility index (Phi) is 4.06. The summed E-state index contributed by atoms with van der Waals surface area (Å²) in [6.07, 6.45) is 4.52. The highest BCUT2D eigenvalue weighted by atomic mass is 32.1. The van der Waals surface area contributed by atoms with Crippen LogP contribution in [0.1, 0.15) is 33.2 Å². The number of carboxylic acid groups (broad SMARTS) is 1. The van der Waals surface area contributed by atoms with Gasteiger partial charge in [0, 0.05) is 23.5 Å². The zero-order chi connectivity index (χ0) is 13.8.